The highest BCUT2D eigenvalue weighted by molar-refractivity contribution is 7.92. The standard InChI is InChI=1S/C24H24ClN3O3S.ClH/c25-21-9-11-22(12-10-21)26-32(30,31)23-8-4-7-20(17-23)24(29)28-15-13-27(14-16-28)18-19-5-2-1-3-6-19;/h1-12,17,26H,13-16,18H2;1H. The van der Waals surface area contributed by atoms with Gasteiger partial charge in [-0.05, 0) is 48.0 Å². The lowest BCUT2D eigenvalue weighted by Gasteiger charge is -2.34. The second kappa shape index (κ2) is 11.0. The van der Waals surface area contributed by atoms with Crippen LogP contribution in [0.25, 0.3) is 0 Å². The van der Waals surface area contributed by atoms with Gasteiger partial charge in [-0.3, -0.25) is 14.4 Å². The first kappa shape index (κ1) is 25.1. The Balaban J connectivity index is 0.00000306. The summed E-state index contributed by atoms with van der Waals surface area (Å²) in [5, 5.41) is 0.518. The van der Waals surface area contributed by atoms with E-state index in [0.717, 1.165) is 19.6 Å². The van der Waals surface area contributed by atoms with Gasteiger partial charge >= 0.3 is 0 Å². The minimum Gasteiger partial charge on any atom is -0.336 e. The summed E-state index contributed by atoms with van der Waals surface area (Å²) in [6, 6.07) is 22.8. The Morgan fingerprint density at radius 1 is 0.879 bits per heavy atom. The van der Waals surface area contributed by atoms with Crippen LogP contribution < -0.4 is 4.72 Å². The monoisotopic (exact) mass is 505 g/mol. The SMILES string of the molecule is Cl.O=C(c1cccc(S(=O)(=O)Nc2ccc(Cl)cc2)c1)N1CCN(Cc2ccccc2)CC1. The number of hydrogen-bond acceptors (Lipinski definition) is 4. The fraction of sp³-hybridized carbons (Fsp3) is 0.208. The van der Waals surface area contributed by atoms with Gasteiger partial charge in [-0.2, -0.15) is 0 Å². The van der Waals surface area contributed by atoms with Gasteiger partial charge < -0.3 is 4.90 Å². The fourth-order valence-corrected chi connectivity index (χ4v) is 4.89. The van der Waals surface area contributed by atoms with Crippen LogP contribution in [-0.4, -0.2) is 50.3 Å². The van der Waals surface area contributed by atoms with Crippen LogP contribution in [0.4, 0.5) is 5.69 Å². The minimum absolute atomic E-state index is 0. The molecule has 1 aliphatic heterocycles. The smallest absolute Gasteiger partial charge is 0.261 e. The number of rotatable bonds is 6. The molecule has 3 aromatic rings. The van der Waals surface area contributed by atoms with E-state index < -0.39 is 10.0 Å². The molecule has 0 spiro atoms. The molecule has 3 aromatic carbocycles. The van der Waals surface area contributed by atoms with Crippen LogP contribution >= 0.6 is 24.0 Å². The van der Waals surface area contributed by atoms with Crippen molar-refractivity contribution in [2.24, 2.45) is 0 Å². The number of halogens is 2. The van der Waals surface area contributed by atoms with Crippen LogP contribution in [0, 0.1) is 0 Å². The highest BCUT2D eigenvalue weighted by Gasteiger charge is 2.24. The summed E-state index contributed by atoms with van der Waals surface area (Å²) in [6.07, 6.45) is 0. The van der Waals surface area contributed by atoms with E-state index in [1.54, 1.807) is 41.3 Å². The molecular weight excluding hydrogens is 481 g/mol. The average Bonchev–Trinajstić information content (AvgIpc) is 2.81. The molecule has 9 heteroatoms. The Bertz CT molecular complexity index is 1180. The number of carbonyl (C=O) groups is 1. The van der Waals surface area contributed by atoms with Gasteiger partial charge in [0.05, 0.1) is 4.90 Å². The van der Waals surface area contributed by atoms with Crippen molar-refractivity contribution in [1.82, 2.24) is 9.80 Å². The van der Waals surface area contributed by atoms with Crippen LogP contribution in [0.15, 0.2) is 83.8 Å². The number of hydrogen-bond donors (Lipinski definition) is 1. The quantitative estimate of drug-likeness (QED) is 0.534. The van der Waals surface area contributed by atoms with Crippen LogP contribution in [0.1, 0.15) is 15.9 Å². The maximum absolute atomic E-state index is 13.0. The molecule has 0 bridgehead atoms. The van der Waals surface area contributed by atoms with Crippen LogP contribution in [0.3, 0.4) is 0 Å². The van der Waals surface area contributed by atoms with E-state index in [1.807, 2.05) is 18.2 Å². The first-order valence-electron chi connectivity index (χ1n) is 10.3. The number of amides is 1. The van der Waals surface area contributed by atoms with Crippen molar-refractivity contribution in [3.63, 3.8) is 0 Å². The molecule has 0 radical (unpaired) electrons. The number of benzene rings is 3. The number of carbonyl (C=O) groups excluding carboxylic acids is 1. The molecule has 1 fully saturated rings. The maximum Gasteiger partial charge on any atom is 0.261 e. The second-order valence-electron chi connectivity index (χ2n) is 7.69. The average molecular weight is 506 g/mol. The summed E-state index contributed by atoms with van der Waals surface area (Å²) in [5.74, 6) is -0.159. The van der Waals surface area contributed by atoms with E-state index in [9.17, 15) is 13.2 Å². The van der Waals surface area contributed by atoms with Gasteiger partial charge in [-0.25, -0.2) is 8.42 Å². The third kappa shape index (κ3) is 6.48. The molecule has 4 rings (SSSR count). The highest BCUT2D eigenvalue weighted by Crippen LogP contribution is 2.20. The summed E-state index contributed by atoms with van der Waals surface area (Å²) in [7, 11) is -3.83. The Morgan fingerprint density at radius 3 is 2.21 bits per heavy atom. The van der Waals surface area contributed by atoms with Gasteiger partial charge in [-0.1, -0.05) is 48.0 Å². The molecule has 0 atom stereocenters. The topological polar surface area (TPSA) is 69.7 Å². The van der Waals surface area contributed by atoms with E-state index in [2.05, 4.69) is 21.8 Å². The van der Waals surface area contributed by atoms with E-state index in [4.69, 9.17) is 11.6 Å². The summed E-state index contributed by atoms with van der Waals surface area (Å²) in [6.45, 7) is 3.61. The van der Waals surface area contributed by atoms with E-state index >= 15 is 0 Å². The molecule has 0 saturated carbocycles. The predicted molar refractivity (Wildman–Crippen MR) is 134 cm³/mol. The lowest BCUT2D eigenvalue weighted by atomic mass is 10.1. The van der Waals surface area contributed by atoms with Gasteiger partial charge in [0.25, 0.3) is 15.9 Å². The van der Waals surface area contributed by atoms with Gasteiger partial charge in [0.2, 0.25) is 0 Å². The number of anilines is 1. The Hall–Kier alpha value is -2.58. The second-order valence-corrected chi connectivity index (χ2v) is 9.81. The molecule has 33 heavy (non-hydrogen) atoms. The van der Waals surface area contributed by atoms with Crippen molar-refractivity contribution in [3.05, 3.63) is 95.0 Å². The number of piperazine rings is 1. The zero-order valence-corrected chi connectivity index (χ0v) is 20.2. The molecular formula is C24H25Cl2N3O3S. The largest absolute Gasteiger partial charge is 0.336 e. The molecule has 174 valence electrons. The molecule has 1 amide bonds. The number of nitrogens with zero attached hydrogens (tertiary/aromatic N) is 2. The van der Waals surface area contributed by atoms with Crippen molar-refractivity contribution >= 4 is 45.6 Å². The zero-order valence-electron chi connectivity index (χ0n) is 17.9. The van der Waals surface area contributed by atoms with Crippen molar-refractivity contribution in [2.75, 3.05) is 30.9 Å². The molecule has 1 saturated heterocycles. The van der Waals surface area contributed by atoms with Crippen molar-refractivity contribution < 1.29 is 13.2 Å². The van der Waals surface area contributed by atoms with Crippen molar-refractivity contribution in [1.29, 1.82) is 0 Å². The lowest BCUT2D eigenvalue weighted by molar-refractivity contribution is 0.0628. The highest BCUT2D eigenvalue weighted by atomic mass is 35.5. The zero-order chi connectivity index (χ0) is 22.6. The third-order valence-electron chi connectivity index (χ3n) is 5.40. The van der Waals surface area contributed by atoms with Gasteiger partial charge in [0, 0.05) is 49.0 Å². The predicted octanol–water partition coefficient (Wildman–Crippen LogP) is 4.52. The Kier molecular flexibility index (Phi) is 8.37. The minimum atomic E-state index is -3.83. The number of sulfonamides is 1. The molecule has 6 nitrogen and oxygen atoms in total. The number of nitrogens with one attached hydrogen (secondary N) is 1. The Labute approximate surface area is 205 Å². The van der Waals surface area contributed by atoms with Crippen molar-refractivity contribution in [3.8, 4) is 0 Å². The first-order valence-corrected chi connectivity index (χ1v) is 12.2. The molecule has 0 unspecified atom stereocenters. The normalized spacial score (nSPS) is 14.4. The van der Waals surface area contributed by atoms with Gasteiger partial charge in [-0.15, -0.1) is 12.4 Å². The van der Waals surface area contributed by atoms with Gasteiger partial charge in [0.1, 0.15) is 0 Å². The van der Waals surface area contributed by atoms with Crippen LogP contribution in [0.5, 0.6) is 0 Å². The van der Waals surface area contributed by atoms with Crippen LogP contribution in [-0.2, 0) is 16.6 Å². The molecule has 0 aliphatic carbocycles. The fourth-order valence-electron chi connectivity index (χ4n) is 3.66. The van der Waals surface area contributed by atoms with Crippen LogP contribution in [0.2, 0.25) is 5.02 Å². The molecule has 1 N–H and O–H groups in total. The van der Waals surface area contributed by atoms with E-state index in [0.29, 0.717) is 29.4 Å². The molecule has 1 aliphatic rings. The molecule has 0 aromatic heterocycles. The van der Waals surface area contributed by atoms with Crippen molar-refractivity contribution in [2.45, 2.75) is 11.4 Å². The molecule has 1 heterocycles. The van der Waals surface area contributed by atoms with E-state index in [-0.39, 0.29) is 23.2 Å². The lowest BCUT2D eigenvalue weighted by Crippen LogP contribution is -2.48. The van der Waals surface area contributed by atoms with Gasteiger partial charge in [0.15, 0.2) is 0 Å². The van der Waals surface area contributed by atoms with E-state index in [1.165, 1.54) is 17.7 Å². The summed E-state index contributed by atoms with van der Waals surface area (Å²) in [5.41, 5.74) is 2.01. The third-order valence-corrected chi connectivity index (χ3v) is 7.03. The maximum atomic E-state index is 13.0. The first-order chi connectivity index (χ1) is 15.4. The Morgan fingerprint density at radius 2 is 1.55 bits per heavy atom. The summed E-state index contributed by atoms with van der Waals surface area (Å²) >= 11 is 5.86. The summed E-state index contributed by atoms with van der Waals surface area (Å²) in [4.78, 5) is 17.2. The summed E-state index contributed by atoms with van der Waals surface area (Å²) < 4.78 is 28.1.